The predicted molar refractivity (Wildman–Crippen MR) is 107 cm³/mol. The van der Waals surface area contributed by atoms with Gasteiger partial charge in [0.05, 0.1) is 4.90 Å². The minimum Gasteiger partial charge on any atom is -0.451 e. The van der Waals surface area contributed by atoms with Crippen LogP contribution in [0.3, 0.4) is 0 Å². The fraction of sp³-hybridized carbons (Fsp3) is 0.550. The molecule has 1 aromatic carbocycles. The zero-order valence-corrected chi connectivity index (χ0v) is 17.8. The largest absolute Gasteiger partial charge is 0.451 e. The van der Waals surface area contributed by atoms with E-state index < -0.39 is 28.1 Å². The lowest BCUT2D eigenvalue weighted by atomic mass is 9.95. The van der Waals surface area contributed by atoms with E-state index in [1.807, 2.05) is 0 Å². The first-order valence-electron chi connectivity index (χ1n) is 9.74. The van der Waals surface area contributed by atoms with Crippen molar-refractivity contribution in [2.45, 2.75) is 76.0 Å². The summed E-state index contributed by atoms with van der Waals surface area (Å²) in [5.41, 5.74) is 0.384. The van der Waals surface area contributed by atoms with Crippen molar-refractivity contribution in [3.63, 3.8) is 0 Å². The molecule has 2 atom stereocenters. The Hall–Kier alpha value is -2.26. The van der Waals surface area contributed by atoms with Crippen LogP contribution in [-0.4, -0.2) is 44.3 Å². The van der Waals surface area contributed by atoms with E-state index in [-0.39, 0.29) is 22.6 Å². The molecule has 0 saturated heterocycles. The Morgan fingerprint density at radius 3 is 2.17 bits per heavy atom. The quantitative estimate of drug-likeness (QED) is 0.486. The number of carbonyl (C=O) groups excluding carboxylic acids is 3. The second-order valence-corrected chi connectivity index (χ2v) is 9.06. The summed E-state index contributed by atoms with van der Waals surface area (Å²) in [6, 6.07) is 4.29. The van der Waals surface area contributed by atoms with Gasteiger partial charge >= 0.3 is 5.97 Å². The maximum Gasteiger partial charge on any atom is 0.324 e. The molecule has 0 bridgehead atoms. The van der Waals surface area contributed by atoms with Crippen LogP contribution in [0.2, 0.25) is 0 Å². The van der Waals surface area contributed by atoms with Crippen molar-refractivity contribution < 1.29 is 27.5 Å². The summed E-state index contributed by atoms with van der Waals surface area (Å²) in [5.74, 6) is -1.42. The normalized spacial score (nSPS) is 17.2. The topological polar surface area (TPSA) is 119 Å². The van der Waals surface area contributed by atoms with E-state index in [0.29, 0.717) is 5.56 Å². The summed E-state index contributed by atoms with van der Waals surface area (Å²) in [6.45, 7) is 4.18. The molecule has 0 heterocycles. The predicted octanol–water partition coefficient (Wildman–Crippen LogP) is 1.94. The number of ether oxygens (including phenoxy) is 1. The SMILES string of the molecule is CC(=O)c1ccc(S(=O)(=O)NC(C)C(=O)OC(C)C(=O)NC2CCCCC2)cc1. The third kappa shape index (κ3) is 6.64. The molecule has 160 valence electrons. The minimum absolute atomic E-state index is 0.0785. The van der Waals surface area contributed by atoms with Gasteiger partial charge in [-0.3, -0.25) is 14.4 Å². The van der Waals surface area contributed by atoms with E-state index in [9.17, 15) is 22.8 Å². The van der Waals surface area contributed by atoms with Crippen LogP contribution in [0.4, 0.5) is 0 Å². The highest BCUT2D eigenvalue weighted by Crippen LogP contribution is 2.17. The maximum absolute atomic E-state index is 12.4. The Morgan fingerprint density at radius 2 is 1.62 bits per heavy atom. The summed E-state index contributed by atoms with van der Waals surface area (Å²) in [4.78, 5) is 35.7. The Morgan fingerprint density at radius 1 is 1.03 bits per heavy atom. The van der Waals surface area contributed by atoms with Crippen molar-refractivity contribution >= 4 is 27.7 Å². The lowest BCUT2D eigenvalue weighted by Gasteiger charge is -2.24. The first kappa shape index (κ1) is 23.0. The van der Waals surface area contributed by atoms with Gasteiger partial charge in [0.2, 0.25) is 10.0 Å². The number of hydrogen-bond acceptors (Lipinski definition) is 6. The van der Waals surface area contributed by atoms with E-state index >= 15 is 0 Å². The highest BCUT2D eigenvalue weighted by Gasteiger charge is 2.27. The monoisotopic (exact) mass is 424 g/mol. The molecule has 1 amide bonds. The molecule has 1 saturated carbocycles. The van der Waals surface area contributed by atoms with Crippen LogP contribution in [0, 0.1) is 0 Å². The summed E-state index contributed by atoms with van der Waals surface area (Å²) in [6.07, 6.45) is 4.07. The number of ketones is 1. The van der Waals surface area contributed by atoms with Gasteiger partial charge in [-0.15, -0.1) is 0 Å². The summed E-state index contributed by atoms with van der Waals surface area (Å²) in [5, 5.41) is 2.87. The number of benzene rings is 1. The Kier molecular flexibility index (Phi) is 7.92. The zero-order valence-electron chi connectivity index (χ0n) is 16.9. The highest BCUT2D eigenvalue weighted by molar-refractivity contribution is 7.89. The second-order valence-electron chi connectivity index (χ2n) is 7.35. The Labute approximate surface area is 171 Å². The van der Waals surface area contributed by atoms with Crippen molar-refractivity contribution in [1.29, 1.82) is 0 Å². The Balaban J connectivity index is 1.91. The first-order valence-corrected chi connectivity index (χ1v) is 11.2. The first-order chi connectivity index (χ1) is 13.6. The van der Waals surface area contributed by atoms with E-state index in [1.165, 1.54) is 45.0 Å². The summed E-state index contributed by atoms with van der Waals surface area (Å²) >= 11 is 0. The molecular weight excluding hydrogens is 396 g/mol. The molecule has 1 aromatic rings. The van der Waals surface area contributed by atoms with Crippen LogP contribution in [0.5, 0.6) is 0 Å². The lowest BCUT2D eigenvalue weighted by molar-refractivity contribution is -0.156. The smallest absolute Gasteiger partial charge is 0.324 e. The van der Waals surface area contributed by atoms with E-state index in [1.54, 1.807) is 0 Å². The van der Waals surface area contributed by atoms with Crippen molar-refractivity contribution in [2.24, 2.45) is 0 Å². The molecule has 2 unspecified atom stereocenters. The van der Waals surface area contributed by atoms with Crippen molar-refractivity contribution in [3.05, 3.63) is 29.8 Å². The van der Waals surface area contributed by atoms with Gasteiger partial charge in [0.15, 0.2) is 11.9 Å². The molecule has 29 heavy (non-hydrogen) atoms. The standard InChI is InChI=1S/C20H28N2O6S/c1-13(22-29(26,27)18-11-9-16(10-12-18)14(2)23)20(25)28-15(3)19(24)21-17-7-5-4-6-8-17/h9-13,15,17,22H,4-8H2,1-3H3,(H,21,24). The average Bonchev–Trinajstić information content (AvgIpc) is 2.68. The molecule has 0 aromatic heterocycles. The van der Waals surface area contributed by atoms with Crippen molar-refractivity contribution in [2.75, 3.05) is 0 Å². The van der Waals surface area contributed by atoms with Gasteiger partial charge in [0.25, 0.3) is 5.91 Å². The number of sulfonamides is 1. The van der Waals surface area contributed by atoms with Gasteiger partial charge in [-0.1, -0.05) is 31.4 Å². The Bertz CT molecular complexity index is 844. The number of amides is 1. The molecule has 1 aliphatic rings. The molecule has 9 heteroatoms. The molecule has 1 fully saturated rings. The van der Waals surface area contributed by atoms with Gasteiger partial charge < -0.3 is 10.1 Å². The van der Waals surface area contributed by atoms with E-state index in [4.69, 9.17) is 4.74 Å². The molecule has 2 N–H and O–H groups in total. The summed E-state index contributed by atoms with van der Waals surface area (Å²) in [7, 11) is -3.99. The van der Waals surface area contributed by atoms with Gasteiger partial charge in [-0.05, 0) is 45.7 Å². The third-order valence-electron chi connectivity index (χ3n) is 4.87. The molecule has 0 aliphatic heterocycles. The zero-order chi connectivity index (χ0) is 21.6. The molecule has 0 radical (unpaired) electrons. The number of esters is 1. The van der Waals surface area contributed by atoms with E-state index in [2.05, 4.69) is 10.0 Å². The lowest BCUT2D eigenvalue weighted by Crippen LogP contribution is -2.46. The average molecular weight is 425 g/mol. The van der Waals surface area contributed by atoms with Crippen molar-refractivity contribution in [1.82, 2.24) is 10.0 Å². The fourth-order valence-corrected chi connectivity index (χ4v) is 4.31. The van der Waals surface area contributed by atoms with Gasteiger partial charge in [-0.25, -0.2) is 8.42 Å². The number of hydrogen-bond donors (Lipinski definition) is 2. The molecule has 0 spiro atoms. The third-order valence-corrected chi connectivity index (χ3v) is 6.43. The van der Waals surface area contributed by atoms with Crippen LogP contribution in [0.15, 0.2) is 29.2 Å². The number of nitrogens with one attached hydrogen (secondary N) is 2. The van der Waals surface area contributed by atoms with Crippen LogP contribution in [0.1, 0.15) is 63.2 Å². The van der Waals surface area contributed by atoms with Crippen LogP contribution < -0.4 is 10.0 Å². The van der Waals surface area contributed by atoms with Crippen LogP contribution >= 0.6 is 0 Å². The highest BCUT2D eigenvalue weighted by atomic mass is 32.2. The number of carbonyl (C=O) groups is 3. The summed E-state index contributed by atoms with van der Waals surface area (Å²) < 4.78 is 32.2. The maximum atomic E-state index is 12.4. The minimum atomic E-state index is -3.99. The van der Waals surface area contributed by atoms with Crippen molar-refractivity contribution in [3.8, 4) is 0 Å². The number of Topliss-reactive ketones (excluding diaryl/α,β-unsaturated/α-hetero) is 1. The van der Waals surface area contributed by atoms with Gasteiger partial charge in [-0.2, -0.15) is 4.72 Å². The molecular formula is C20H28N2O6S. The molecule has 8 nitrogen and oxygen atoms in total. The van der Waals surface area contributed by atoms with Crippen LogP contribution in [-0.2, 0) is 24.3 Å². The van der Waals surface area contributed by atoms with Crippen LogP contribution in [0.25, 0.3) is 0 Å². The van der Waals surface area contributed by atoms with E-state index in [0.717, 1.165) is 32.1 Å². The second kappa shape index (κ2) is 9.98. The molecule has 1 aliphatic carbocycles. The number of rotatable bonds is 8. The van der Waals surface area contributed by atoms with Gasteiger partial charge in [0.1, 0.15) is 6.04 Å². The van der Waals surface area contributed by atoms with Gasteiger partial charge in [0, 0.05) is 11.6 Å². The fourth-order valence-electron chi connectivity index (χ4n) is 3.11. The molecule has 2 rings (SSSR count).